The third-order valence-electron chi connectivity index (χ3n) is 5.96. The number of rotatable bonds is 7. The molecule has 6 heteroatoms. The van der Waals surface area contributed by atoms with Gasteiger partial charge in [-0.15, -0.1) is 0 Å². The first kappa shape index (κ1) is 21.9. The Kier molecular flexibility index (Phi) is 6.48. The van der Waals surface area contributed by atoms with Crippen LogP contribution in [0.25, 0.3) is 0 Å². The number of carbonyl (C=O) groups is 2. The summed E-state index contributed by atoms with van der Waals surface area (Å²) in [5.41, 5.74) is 4.76. The molecule has 1 aliphatic carbocycles. The lowest BCUT2D eigenvalue weighted by atomic mass is 9.85. The molecule has 1 spiro atoms. The Balaban J connectivity index is 1.41. The van der Waals surface area contributed by atoms with Gasteiger partial charge in [0.25, 0.3) is 0 Å². The van der Waals surface area contributed by atoms with E-state index in [-0.39, 0.29) is 11.8 Å². The van der Waals surface area contributed by atoms with Gasteiger partial charge in [0.2, 0.25) is 0 Å². The first-order valence-corrected chi connectivity index (χ1v) is 11.0. The van der Waals surface area contributed by atoms with Crippen LogP contribution in [0.4, 0.5) is 0 Å². The van der Waals surface area contributed by atoms with Crippen LogP contribution in [0.5, 0.6) is 5.75 Å². The van der Waals surface area contributed by atoms with E-state index in [1.54, 1.807) is 0 Å². The van der Waals surface area contributed by atoms with Crippen molar-refractivity contribution in [2.45, 2.75) is 38.1 Å². The standard InChI is InChI=1S/C26H27NO5/c1-2-31-22-9-6-19(7-10-22)3-4-20-5-8-21-16-27(14-11-25(30)32-17-24(28)29)18-26(12-13-26)23(21)15-20/h5-10,15H,2,11-14,16-18H2,1H3,(H,28,29). The van der Waals surface area contributed by atoms with Gasteiger partial charge in [0, 0.05) is 36.2 Å². The lowest BCUT2D eigenvalue weighted by Crippen LogP contribution is -2.39. The summed E-state index contributed by atoms with van der Waals surface area (Å²) in [6, 6.07) is 14.2. The molecule has 0 amide bonds. The fourth-order valence-corrected chi connectivity index (χ4v) is 4.24. The maximum Gasteiger partial charge on any atom is 0.341 e. The average Bonchev–Trinajstić information content (AvgIpc) is 3.56. The van der Waals surface area contributed by atoms with E-state index in [4.69, 9.17) is 14.6 Å². The molecule has 1 heterocycles. The molecule has 2 aliphatic rings. The zero-order chi connectivity index (χ0) is 22.6. The Labute approximate surface area is 188 Å². The Bertz CT molecular complexity index is 1060. The van der Waals surface area contributed by atoms with E-state index < -0.39 is 18.5 Å². The zero-order valence-corrected chi connectivity index (χ0v) is 18.2. The SMILES string of the molecule is CCOc1ccc(C#Cc2ccc3c(c2)C2(CC2)CN(CCC(=O)OCC(=O)O)C3)cc1. The molecule has 166 valence electrons. The van der Waals surface area contributed by atoms with E-state index in [9.17, 15) is 9.59 Å². The second-order valence-electron chi connectivity index (χ2n) is 8.37. The van der Waals surface area contributed by atoms with Gasteiger partial charge in [-0.1, -0.05) is 17.9 Å². The van der Waals surface area contributed by atoms with Crippen molar-refractivity contribution in [3.63, 3.8) is 0 Å². The number of fused-ring (bicyclic) bond motifs is 2. The third kappa shape index (κ3) is 5.30. The number of aliphatic carboxylic acids is 1. The van der Waals surface area contributed by atoms with E-state index >= 15 is 0 Å². The smallest absolute Gasteiger partial charge is 0.341 e. The topological polar surface area (TPSA) is 76.1 Å². The molecule has 0 aromatic heterocycles. The summed E-state index contributed by atoms with van der Waals surface area (Å²) in [6.45, 7) is 4.28. The predicted octanol–water partition coefficient (Wildman–Crippen LogP) is 3.35. The summed E-state index contributed by atoms with van der Waals surface area (Å²) in [7, 11) is 0. The van der Waals surface area contributed by atoms with Crippen molar-refractivity contribution >= 4 is 11.9 Å². The molecule has 2 aromatic rings. The second-order valence-corrected chi connectivity index (χ2v) is 8.37. The number of nitrogens with zero attached hydrogens (tertiary/aromatic N) is 1. The van der Waals surface area contributed by atoms with Crippen LogP contribution in [-0.2, 0) is 26.3 Å². The first-order valence-electron chi connectivity index (χ1n) is 11.0. The molecule has 4 rings (SSSR count). The lowest BCUT2D eigenvalue weighted by molar-refractivity contribution is -0.155. The summed E-state index contributed by atoms with van der Waals surface area (Å²) in [4.78, 5) is 24.6. The number of ether oxygens (including phenoxy) is 2. The molecule has 1 aliphatic heterocycles. The van der Waals surface area contributed by atoms with Gasteiger partial charge in [-0.05, 0) is 67.3 Å². The van der Waals surface area contributed by atoms with Crippen molar-refractivity contribution < 1.29 is 24.2 Å². The molecule has 6 nitrogen and oxygen atoms in total. The molecule has 0 radical (unpaired) electrons. The summed E-state index contributed by atoms with van der Waals surface area (Å²) >= 11 is 0. The van der Waals surface area contributed by atoms with Crippen LogP contribution >= 0.6 is 0 Å². The summed E-state index contributed by atoms with van der Waals surface area (Å²) in [6.07, 6.45) is 2.47. The fraction of sp³-hybridized carbons (Fsp3) is 0.385. The molecule has 1 saturated carbocycles. The lowest BCUT2D eigenvalue weighted by Gasteiger charge is -2.35. The molecule has 1 fully saturated rings. The van der Waals surface area contributed by atoms with Gasteiger partial charge < -0.3 is 14.6 Å². The Morgan fingerprint density at radius 1 is 1.09 bits per heavy atom. The Hall–Kier alpha value is -3.30. The van der Waals surface area contributed by atoms with Crippen molar-refractivity contribution in [3.05, 3.63) is 64.7 Å². The van der Waals surface area contributed by atoms with Crippen molar-refractivity contribution in [3.8, 4) is 17.6 Å². The number of hydrogen-bond acceptors (Lipinski definition) is 5. The van der Waals surface area contributed by atoms with Gasteiger partial charge in [0.15, 0.2) is 6.61 Å². The molecule has 0 unspecified atom stereocenters. The van der Waals surface area contributed by atoms with Gasteiger partial charge in [-0.25, -0.2) is 4.79 Å². The van der Waals surface area contributed by atoms with Crippen molar-refractivity contribution in [1.82, 2.24) is 4.90 Å². The van der Waals surface area contributed by atoms with E-state index in [0.717, 1.165) is 42.8 Å². The van der Waals surface area contributed by atoms with Gasteiger partial charge in [-0.3, -0.25) is 9.69 Å². The molecule has 0 saturated heterocycles. The minimum Gasteiger partial charge on any atom is -0.494 e. The molecular formula is C26H27NO5. The van der Waals surface area contributed by atoms with Crippen molar-refractivity contribution in [2.75, 3.05) is 26.3 Å². The highest BCUT2D eigenvalue weighted by Gasteiger charge is 2.48. The first-order chi connectivity index (χ1) is 15.5. The van der Waals surface area contributed by atoms with Crippen molar-refractivity contribution in [2.24, 2.45) is 0 Å². The summed E-state index contributed by atoms with van der Waals surface area (Å²) in [5, 5.41) is 8.62. The highest BCUT2D eigenvalue weighted by molar-refractivity contribution is 5.75. The summed E-state index contributed by atoms with van der Waals surface area (Å²) in [5.74, 6) is 5.77. The van der Waals surface area contributed by atoms with Gasteiger partial charge in [0.1, 0.15) is 5.75 Å². The van der Waals surface area contributed by atoms with Gasteiger partial charge >= 0.3 is 11.9 Å². The second kappa shape index (κ2) is 9.46. The largest absolute Gasteiger partial charge is 0.494 e. The Morgan fingerprint density at radius 3 is 2.50 bits per heavy atom. The molecule has 32 heavy (non-hydrogen) atoms. The third-order valence-corrected chi connectivity index (χ3v) is 5.96. The molecule has 0 bridgehead atoms. The van der Waals surface area contributed by atoms with Gasteiger partial charge in [-0.2, -0.15) is 0 Å². The monoisotopic (exact) mass is 433 g/mol. The molecular weight excluding hydrogens is 406 g/mol. The normalized spacial score (nSPS) is 15.9. The molecule has 2 aromatic carbocycles. The molecule has 1 N–H and O–H groups in total. The van der Waals surface area contributed by atoms with E-state index in [1.165, 1.54) is 11.1 Å². The van der Waals surface area contributed by atoms with E-state index in [2.05, 4.69) is 34.9 Å². The highest BCUT2D eigenvalue weighted by Crippen LogP contribution is 2.52. The van der Waals surface area contributed by atoms with Crippen molar-refractivity contribution in [1.29, 1.82) is 0 Å². The van der Waals surface area contributed by atoms with Crippen LogP contribution < -0.4 is 4.74 Å². The van der Waals surface area contributed by atoms with E-state index in [0.29, 0.717) is 13.2 Å². The van der Waals surface area contributed by atoms with Crippen LogP contribution in [0.2, 0.25) is 0 Å². The predicted molar refractivity (Wildman–Crippen MR) is 119 cm³/mol. The number of carboxylic acids is 1. The average molecular weight is 434 g/mol. The summed E-state index contributed by atoms with van der Waals surface area (Å²) < 4.78 is 10.2. The fourth-order valence-electron chi connectivity index (χ4n) is 4.24. The van der Waals surface area contributed by atoms with Gasteiger partial charge in [0.05, 0.1) is 13.0 Å². The number of carboxylic acid groups (broad SMARTS) is 1. The minimum absolute atomic E-state index is 0.148. The quantitative estimate of drug-likeness (QED) is 0.533. The van der Waals surface area contributed by atoms with E-state index in [1.807, 2.05) is 31.2 Å². The number of benzene rings is 2. The maximum atomic E-state index is 11.8. The van der Waals surface area contributed by atoms with Crippen LogP contribution in [0.1, 0.15) is 48.4 Å². The maximum absolute atomic E-state index is 11.8. The minimum atomic E-state index is -1.14. The number of hydrogen-bond donors (Lipinski definition) is 1. The Morgan fingerprint density at radius 2 is 1.81 bits per heavy atom. The van der Waals surface area contributed by atoms with Crippen LogP contribution in [0, 0.1) is 11.8 Å². The molecule has 0 atom stereocenters. The zero-order valence-electron chi connectivity index (χ0n) is 18.2. The van der Waals surface area contributed by atoms with Crippen LogP contribution in [-0.4, -0.2) is 48.2 Å². The number of esters is 1. The number of carbonyl (C=O) groups excluding carboxylic acids is 1. The van der Waals surface area contributed by atoms with Crippen LogP contribution in [0.3, 0.4) is 0 Å². The van der Waals surface area contributed by atoms with Crippen LogP contribution in [0.15, 0.2) is 42.5 Å². The highest BCUT2D eigenvalue weighted by atomic mass is 16.5.